The number of hydrogen-bond donors (Lipinski definition) is 0. The van der Waals surface area contributed by atoms with Crippen LogP contribution < -0.4 is 4.90 Å². The van der Waals surface area contributed by atoms with Gasteiger partial charge in [0.25, 0.3) is 0 Å². The van der Waals surface area contributed by atoms with Crippen molar-refractivity contribution in [3.63, 3.8) is 0 Å². The van der Waals surface area contributed by atoms with Crippen molar-refractivity contribution in [1.29, 1.82) is 0 Å². The van der Waals surface area contributed by atoms with Crippen molar-refractivity contribution in [2.45, 2.75) is 51.0 Å². The van der Waals surface area contributed by atoms with Crippen molar-refractivity contribution < 1.29 is 0 Å². The van der Waals surface area contributed by atoms with Gasteiger partial charge in [-0.2, -0.15) is 0 Å². The predicted octanol–water partition coefficient (Wildman–Crippen LogP) is 2.73. The van der Waals surface area contributed by atoms with Crippen LogP contribution in [0.5, 0.6) is 0 Å². The second-order valence-electron chi connectivity index (χ2n) is 5.09. The van der Waals surface area contributed by atoms with Gasteiger partial charge in [0.15, 0.2) is 0 Å². The zero-order valence-electron chi connectivity index (χ0n) is 9.89. The van der Waals surface area contributed by atoms with E-state index < -0.39 is 0 Å². The van der Waals surface area contributed by atoms with Crippen LogP contribution >= 0.6 is 0 Å². The summed E-state index contributed by atoms with van der Waals surface area (Å²) in [6.45, 7) is 3.46. The molecule has 1 atom stereocenters. The van der Waals surface area contributed by atoms with Gasteiger partial charge in [-0.05, 0) is 45.1 Å². The highest BCUT2D eigenvalue weighted by molar-refractivity contribution is 5.39. The highest BCUT2D eigenvalue weighted by Crippen LogP contribution is 2.38. The number of rotatable bonds is 2. The van der Waals surface area contributed by atoms with Crippen molar-refractivity contribution in [2.75, 3.05) is 11.4 Å². The molecule has 1 saturated heterocycles. The van der Waals surface area contributed by atoms with Crippen molar-refractivity contribution >= 4 is 5.82 Å². The Hall–Kier alpha value is -1.12. The monoisotopic (exact) mass is 217 g/mol. The van der Waals surface area contributed by atoms with E-state index in [1.165, 1.54) is 32.1 Å². The molecular formula is C13H19N3. The molecule has 3 rings (SSSR count). The van der Waals surface area contributed by atoms with Crippen LogP contribution in [0.25, 0.3) is 0 Å². The molecule has 1 saturated carbocycles. The third-order valence-electron chi connectivity index (χ3n) is 3.70. The summed E-state index contributed by atoms with van der Waals surface area (Å²) in [5.41, 5.74) is 0. The molecule has 2 aliphatic rings. The summed E-state index contributed by atoms with van der Waals surface area (Å²) >= 11 is 0. The van der Waals surface area contributed by atoms with Gasteiger partial charge in [0.2, 0.25) is 0 Å². The summed E-state index contributed by atoms with van der Waals surface area (Å²) in [7, 11) is 0. The third-order valence-corrected chi connectivity index (χ3v) is 3.70. The first kappa shape index (κ1) is 10.1. The molecule has 0 spiro atoms. The number of hydrogen-bond acceptors (Lipinski definition) is 3. The molecule has 0 bridgehead atoms. The molecule has 1 aromatic heterocycles. The smallest absolute Gasteiger partial charge is 0.133 e. The van der Waals surface area contributed by atoms with Crippen LogP contribution in [0.2, 0.25) is 0 Å². The Morgan fingerprint density at radius 1 is 1.25 bits per heavy atom. The Bertz CT molecular complexity index is 373. The topological polar surface area (TPSA) is 29.0 Å². The van der Waals surface area contributed by atoms with Gasteiger partial charge in [0.05, 0.1) is 0 Å². The van der Waals surface area contributed by atoms with Gasteiger partial charge < -0.3 is 4.90 Å². The van der Waals surface area contributed by atoms with E-state index in [4.69, 9.17) is 4.98 Å². The van der Waals surface area contributed by atoms with Crippen LogP contribution in [0.1, 0.15) is 50.8 Å². The van der Waals surface area contributed by atoms with Crippen molar-refractivity contribution in [2.24, 2.45) is 0 Å². The zero-order chi connectivity index (χ0) is 11.0. The number of nitrogens with zero attached hydrogens (tertiary/aromatic N) is 3. The molecule has 0 N–H and O–H groups in total. The summed E-state index contributed by atoms with van der Waals surface area (Å²) < 4.78 is 0. The van der Waals surface area contributed by atoms with Gasteiger partial charge >= 0.3 is 0 Å². The Balaban J connectivity index is 1.83. The van der Waals surface area contributed by atoms with Crippen LogP contribution in [0.3, 0.4) is 0 Å². The van der Waals surface area contributed by atoms with Gasteiger partial charge in [-0.15, -0.1) is 0 Å². The second-order valence-corrected chi connectivity index (χ2v) is 5.09. The molecule has 3 nitrogen and oxygen atoms in total. The summed E-state index contributed by atoms with van der Waals surface area (Å²) in [6.07, 6.45) is 8.43. The summed E-state index contributed by atoms with van der Waals surface area (Å²) in [5.74, 6) is 2.86. The van der Waals surface area contributed by atoms with Gasteiger partial charge in [0.1, 0.15) is 11.6 Å². The molecule has 3 heteroatoms. The minimum absolute atomic E-state index is 0.635. The van der Waals surface area contributed by atoms with Crippen LogP contribution in [0.15, 0.2) is 12.3 Å². The molecule has 0 amide bonds. The summed E-state index contributed by atoms with van der Waals surface area (Å²) in [6, 6.07) is 2.70. The lowest BCUT2D eigenvalue weighted by Crippen LogP contribution is -2.38. The highest BCUT2D eigenvalue weighted by Gasteiger charge is 2.27. The fraction of sp³-hybridized carbons (Fsp3) is 0.692. The first-order valence-electron chi connectivity index (χ1n) is 6.44. The van der Waals surface area contributed by atoms with Gasteiger partial charge in [-0.25, -0.2) is 9.97 Å². The number of aromatic nitrogens is 2. The molecular weight excluding hydrogens is 198 g/mol. The van der Waals surface area contributed by atoms with E-state index in [1.807, 2.05) is 6.20 Å². The molecule has 1 aromatic rings. The van der Waals surface area contributed by atoms with E-state index in [1.54, 1.807) is 0 Å². The van der Waals surface area contributed by atoms with Crippen molar-refractivity contribution in [1.82, 2.24) is 9.97 Å². The van der Waals surface area contributed by atoms with Gasteiger partial charge in [-0.1, -0.05) is 0 Å². The maximum atomic E-state index is 4.72. The Morgan fingerprint density at radius 3 is 2.88 bits per heavy atom. The third kappa shape index (κ3) is 1.91. The molecule has 0 aromatic carbocycles. The predicted molar refractivity (Wildman–Crippen MR) is 64.7 cm³/mol. The van der Waals surface area contributed by atoms with Crippen molar-refractivity contribution in [3.05, 3.63) is 18.1 Å². The zero-order valence-corrected chi connectivity index (χ0v) is 9.89. The number of piperidine rings is 1. The SMILES string of the molecule is CC1CCCCN1c1ccnc(C2CC2)n1. The Morgan fingerprint density at radius 2 is 2.12 bits per heavy atom. The highest BCUT2D eigenvalue weighted by atomic mass is 15.2. The average molecular weight is 217 g/mol. The fourth-order valence-corrected chi connectivity index (χ4v) is 2.50. The largest absolute Gasteiger partial charge is 0.354 e. The van der Waals surface area contributed by atoms with Crippen molar-refractivity contribution in [3.8, 4) is 0 Å². The molecule has 1 aliphatic heterocycles. The Kier molecular flexibility index (Phi) is 2.54. The van der Waals surface area contributed by atoms with E-state index >= 15 is 0 Å². The Labute approximate surface area is 96.9 Å². The maximum Gasteiger partial charge on any atom is 0.133 e. The summed E-state index contributed by atoms with van der Waals surface area (Å²) in [5, 5.41) is 0. The van der Waals surface area contributed by atoms with E-state index in [0.29, 0.717) is 12.0 Å². The lowest BCUT2D eigenvalue weighted by Gasteiger charge is -2.34. The van der Waals surface area contributed by atoms with Gasteiger partial charge in [-0.3, -0.25) is 0 Å². The van der Waals surface area contributed by atoms with Crippen LogP contribution in [0, 0.1) is 0 Å². The minimum Gasteiger partial charge on any atom is -0.354 e. The van der Waals surface area contributed by atoms with Crippen LogP contribution in [0.4, 0.5) is 5.82 Å². The van der Waals surface area contributed by atoms with Gasteiger partial charge in [0, 0.05) is 24.7 Å². The maximum absolute atomic E-state index is 4.72. The molecule has 16 heavy (non-hydrogen) atoms. The summed E-state index contributed by atoms with van der Waals surface area (Å²) in [4.78, 5) is 11.5. The lowest BCUT2D eigenvalue weighted by atomic mass is 10.0. The molecule has 86 valence electrons. The van der Waals surface area contributed by atoms with E-state index in [9.17, 15) is 0 Å². The molecule has 1 aliphatic carbocycles. The standard InChI is InChI=1S/C13H19N3/c1-10-4-2-3-9-16(10)12-7-8-14-13(15-12)11-5-6-11/h7-8,10-11H,2-6,9H2,1H3. The molecule has 2 heterocycles. The average Bonchev–Trinajstić information content (AvgIpc) is 3.14. The first-order chi connectivity index (χ1) is 7.84. The first-order valence-corrected chi connectivity index (χ1v) is 6.44. The van der Waals surface area contributed by atoms with E-state index in [0.717, 1.165) is 18.2 Å². The minimum atomic E-state index is 0.635. The van der Waals surface area contributed by atoms with Crippen LogP contribution in [-0.4, -0.2) is 22.6 Å². The quantitative estimate of drug-likeness (QED) is 0.762. The number of anilines is 1. The van der Waals surface area contributed by atoms with E-state index in [2.05, 4.69) is 22.9 Å². The fourth-order valence-electron chi connectivity index (χ4n) is 2.50. The molecule has 1 unspecified atom stereocenters. The normalized spacial score (nSPS) is 25.8. The molecule has 2 fully saturated rings. The van der Waals surface area contributed by atoms with E-state index in [-0.39, 0.29) is 0 Å². The van der Waals surface area contributed by atoms with Crippen LogP contribution in [-0.2, 0) is 0 Å². The lowest BCUT2D eigenvalue weighted by molar-refractivity contribution is 0.480. The second kappa shape index (κ2) is 4.04. The molecule has 0 radical (unpaired) electrons.